The van der Waals surface area contributed by atoms with Gasteiger partial charge >= 0.3 is 0 Å². The van der Waals surface area contributed by atoms with Gasteiger partial charge in [-0.15, -0.1) is 0 Å². The molecule has 3 atom stereocenters. The van der Waals surface area contributed by atoms with Gasteiger partial charge in [-0.3, -0.25) is 9.69 Å². The van der Waals surface area contributed by atoms with Gasteiger partial charge in [0.15, 0.2) is 0 Å². The molecular formula is C25H37N3O5S. The lowest BCUT2D eigenvalue weighted by atomic mass is 10.0. The minimum absolute atomic E-state index is 0.0508. The molecule has 0 unspecified atom stereocenters. The summed E-state index contributed by atoms with van der Waals surface area (Å²) in [5.41, 5.74) is 0.655. The van der Waals surface area contributed by atoms with Crippen LogP contribution in [0.1, 0.15) is 38.7 Å². The lowest BCUT2D eigenvalue weighted by Gasteiger charge is -2.37. The summed E-state index contributed by atoms with van der Waals surface area (Å²) in [6.45, 7) is 4.43. The van der Waals surface area contributed by atoms with Crippen LogP contribution in [0.4, 0.5) is 0 Å². The number of nitrogens with zero attached hydrogens (tertiary/aromatic N) is 3. The molecule has 1 aromatic carbocycles. The van der Waals surface area contributed by atoms with Gasteiger partial charge in [0.2, 0.25) is 15.9 Å². The molecule has 0 bridgehead atoms. The van der Waals surface area contributed by atoms with E-state index in [1.54, 1.807) is 31.0 Å². The molecule has 1 N–H and O–H groups in total. The highest BCUT2D eigenvalue weighted by Gasteiger charge is 2.38. The molecule has 0 aromatic heterocycles. The quantitative estimate of drug-likeness (QED) is 0.583. The number of likely N-dealkylation sites (N-methyl/N-ethyl adjacent to an activating group) is 1. The Morgan fingerprint density at radius 1 is 1.29 bits per heavy atom. The molecule has 8 nitrogen and oxygen atoms in total. The Kier molecular flexibility index (Phi) is 8.63. The number of carbonyl (C=O) groups excluding carboxylic acids is 1. The van der Waals surface area contributed by atoms with Crippen molar-refractivity contribution < 1.29 is 23.1 Å². The summed E-state index contributed by atoms with van der Waals surface area (Å²) in [5, 5.41) is 9.76. The predicted octanol–water partition coefficient (Wildman–Crippen LogP) is 1.63. The SMILES string of the molecule is C[C@@H]1CN([C@H](C)CO)S(=O)(=O)c2ccc(C#CCN(C)C)cc2O[C@H]1CN(C)C(=O)CC1CC1. The maximum Gasteiger partial charge on any atom is 0.247 e. The van der Waals surface area contributed by atoms with E-state index in [1.165, 1.54) is 10.4 Å². The van der Waals surface area contributed by atoms with Crippen molar-refractivity contribution in [3.05, 3.63) is 23.8 Å². The van der Waals surface area contributed by atoms with Crippen molar-refractivity contribution in [2.75, 3.05) is 47.4 Å². The zero-order chi connectivity index (χ0) is 25.0. The number of benzene rings is 1. The molecule has 34 heavy (non-hydrogen) atoms. The van der Waals surface area contributed by atoms with Crippen molar-refractivity contribution >= 4 is 15.9 Å². The summed E-state index contributed by atoms with van der Waals surface area (Å²) >= 11 is 0. The zero-order valence-electron chi connectivity index (χ0n) is 20.8. The molecule has 1 heterocycles. The van der Waals surface area contributed by atoms with Crippen LogP contribution in [-0.4, -0.2) is 93.1 Å². The largest absolute Gasteiger partial charge is 0.487 e. The summed E-state index contributed by atoms with van der Waals surface area (Å²) in [4.78, 5) is 16.3. The van der Waals surface area contributed by atoms with Crippen molar-refractivity contribution in [1.82, 2.24) is 14.1 Å². The third kappa shape index (κ3) is 6.51. The molecule has 1 fully saturated rings. The maximum absolute atomic E-state index is 13.5. The summed E-state index contributed by atoms with van der Waals surface area (Å²) in [5.74, 6) is 6.71. The zero-order valence-corrected chi connectivity index (χ0v) is 21.6. The topological polar surface area (TPSA) is 90.4 Å². The number of hydrogen-bond acceptors (Lipinski definition) is 6. The fraction of sp³-hybridized carbons (Fsp3) is 0.640. The average molecular weight is 492 g/mol. The molecule has 1 aliphatic carbocycles. The summed E-state index contributed by atoms with van der Waals surface area (Å²) in [6, 6.07) is 4.27. The molecular weight excluding hydrogens is 454 g/mol. The average Bonchev–Trinajstić information content (AvgIpc) is 3.59. The number of rotatable bonds is 7. The van der Waals surface area contributed by atoms with E-state index in [1.807, 2.05) is 25.9 Å². The first kappa shape index (κ1) is 26.5. The Labute approximate surface area is 203 Å². The van der Waals surface area contributed by atoms with E-state index >= 15 is 0 Å². The minimum atomic E-state index is -3.90. The van der Waals surface area contributed by atoms with Crippen molar-refractivity contribution in [2.45, 2.75) is 50.2 Å². The number of fused-ring (bicyclic) bond motifs is 1. The minimum Gasteiger partial charge on any atom is -0.487 e. The monoisotopic (exact) mass is 491 g/mol. The Morgan fingerprint density at radius 3 is 2.62 bits per heavy atom. The molecule has 9 heteroatoms. The van der Waals surface area contributed by atoms with E-state index in [2.05, 4.69) is 11.8 Å². The van der Waals surface area contributed by atoms with E-state index in [-0.39, 0.29) is 35.6 Å². The van der Waals surface area contributed by atoms with Crippen LogP contribution in [-0.2, 0) is 14.8 Å². The second-order valence-electron chi connectivity index (χ2n) is 9.86. The van der Waals surface area contributed by atoms with Crippen molar-refractivity contribution in [3.8, 4) is 17.6 Å². The summed E-state index contributed by atoms with van der Waals surface area (Å²) in [6.07, 6.45) is 2.34. The second kappa shape index (κ2) is 11.1. The van der Waals surface area contributed by atoms with Crippen LogP contribution in [0.15, 0.2) is 23.1 Å². The fourth-order valence-electron chi connectivity index (χ4n) is 3.92. The van der Waals surface area contributed by atoms with Gasteiger partial charge in [-0.05, 0) is 58.0 Å². The number of ether oxygens (including phenoxy) is 1. The number of carbonyl (C=O) groups is 1. The van der Waals surface area contributed by atoms with Gasteiger partial charge in [-0.25, -0.2) is 8.42 Å². The summed E-state index contributed by atoms with van der Waals surface area (Å²) < 4.78 is 34.7. The molecule has 1 aromatic rings. The number of sulfonamides is 1. The molecule has 0 spiro atoms. The Hall–Kier alpha value is -2.12. The number of aliphatic hydroxyl groups excluding tert-OH is 1. The smallest absolute Gasteiger partial charge is 0.247 e. The number of hydrogen-bond donors (Lipinski definition) is 1. The van der Waals surface area contributed by atoms with Crippen LogP contribution in [0.5, 0.6) is 5.75 Å². The van der Waals surface area contributed by atoms with Crippen LogP contribution in [0, 0.1) is 23.7 Å². The molecule has 0 saturated heterocycles. The van der Waals surface area contributed by atoms with Gasteiger partial charge in [-0.1, -0.05) is 18.8 Å². The molecule has 0 radical (unpaired) electrons. The van der Waals surface area contributed by atoms with Crippen molar-refractivity contribution in [1.29, 1.82) is 0 Å². The third-order valence-electron chi connectivity index (χ3n) is 6.33. The first-order valence-electron chi connectivity index (χ1n) is 11.8. The molecule has 3 rings (SSSR count). The van der Waals surface area contributed by atoms with Gasteiger partial charge < -0.3 is 14.7 Å². The number of amides is 1. The second-order valence-corrected chi connectivity index (χ2v) is 11.7. The van der Waals surface area contributed by atoms with Crippen molar-refractivity contribution in [2.24, 2.45) is 11.8 Å². The Morgan fingerprint density at radius 2 is 2.00 bits per heavy atom. The van der Waals surface area contributed by atoms with Crippen LogP contribution >= 0.6 is 0 Å². The first-order valence-corrected chi connectivity index (χ1v) is 13.3. The predicted molar refractivity (Wildman–Crippen MR) is 131 cm³/mol. The van der Waals surface area contributed by atoms with Gasteiger partial charge in [0.25, 0.3) is 0 Å². The standard InChI is InChI=1S/C25H37N3O5S/c1-18-15-28(19(2)17-29)34(31,32)24-11-10-20(7-6-12-26(3)4)13-22(24)33-23(18)16-27(5)25(30)14-21-8-9-21/h10-11,13,18-19,21,23,29H,8-9,12,14-17H2,1-5H3/t18-,19-,23+/m1/s1. The van der Waals surface area contributed by atoms with E-state index in [4.69, 9.17) is 4.74 Å². The van der Waals surface area contributed by atoms with Gasteiger partial charge in [-0.2, -0.15) is 4.31 Å². The lowest BCUT2D eigenvalue weighted by molar-refractivity contribution is -0.131. The molecule has 1 amide bonds. The van der Waals surface area contributed by atoms with Crippen LogP contribution in [0.25, 0.3) is 0 Å². The van der Waals surface area contributed by atoms with Crippen LogP contribution in [0.3, 0.4) is 0 Å². The van der Waals surface area contributed by atoms with Crippen molar-refractivity contribution in [3.63, 3.8) is 0 Å². The molecule has 2 aliphatic rings. The highest BCUT2D eigenvalue weighted by molar-refractivity contribution is 7.89. The first-order chi connectivity index (χ1) is 16.0. The lowest BCUT2D eigenvalue weighted by Crippen LogP contribution is -2.50. The molecule has 188 valence electrons. The van der Waals surface area contributed by atoms with Crippen LogP contribution in [0.2, 0.25) is 0 Å². The van der Waals surface area contributed by atoms with E-state index < -0.39 is 22.2 Å². The van der Waals surface area contributed by atoms with E-state index in [9.17, 15) is 18.3 Å². The third-order valence-corrected chi connectivity index (χ3v) is 8.35. The van der Waals surface area contributed by atoms with Crippen LogP contribution < -0.4 is 4.74 Å². The summed E-state index contributed by atoms with van der Waals surface area (Å²) in [7, 11) is 1.72. The number of aliphatic hydroxyl groups is 1. The Balaban J connectivity index is 1.97. The molecule has 1 aliphatic heterocycles. The normalized spacial score (nSPS) is 23.0. The van der Waals surface area contributed by atoms with Gasteiger partial charge in [0, 0.05) is 37.5 Å². The van der Waals surface area contributed by atoms with E-state index in [0.717, 1.165) is 12.8 Å². The maximum atomic E-state index is 13.5. The highest BCUT2D eigenvalue weighted by atomic mass is 32.2. The highest BCUT2D eigenvalue weighted by Crippen LogP contribution is 2.35. The van der Waals surface area contributed by atoms with Gasteiger partial charge in [0.1, 0.15) is 16.7 Å². The fourth-order valence-corrected chi connectivity index (χ4v) is 5.74. The van der Waals surface area contributed by atoms with Gasteiger partial charge in [0.05, 0.1) is 19.7 Å². The Bertz CT molecular complexity index is 1040. The molecule has 1 saturated carbocycles. The van der Waals surface area contributed by atoms with E-state index in [0.29, 0.717) is 31.0 Å².